The van der Waals surface area contributed by atoms with Crippen LogP contribution in [0.5, 0.6) is 5.75 Å². The molecule has 0 unspecified atom stereocenters. The van der Waals surface area contributed by atoms with E-state index in [0.29, 0.717) is 5.69 Å². The van der Waals surface area contributed by atoms with Gasteiger partial charge in [0, 0.05) is 11.8 Å². The number of nitro benzene ring substituents is 1. The van der Waals surface area contributed by atoms with Crippen molar-refractivity contribution < 1.29 is 18.1 Å². The summed E-state index contributed by atoms with van der Waals surface area (Å²) in [5, 5.41) is 17.3. The lowest BCUT2D eigenvalue weighted by Crippen LogP contribution is -2.15. The van der Waals surface area contributed by atoms with E-state index < -0.39 is 25.5 Å². The van der Waals surface area contributed by atoms with Crippen molar-refractivity contribution in [3.8, 4) is 5.75 Å². The van der Waals surface area contributed by atoms with Crippen LogP contribution in [0.3, 0.4) is 0 Å². The number of nitro groups is 1. The van der Waals surface area contributed by atoms with E-state index in [1.807, 2.05) is 0 Å². The zero-order chi connectivity index (χ0) is 15.6. The number of aromatic amines is 1. The molecule has 0 aliphatic carbocycles. The second-order valence-electron chi connectivity index (χ2n) is 4.13. The minimum Gasteiger partial charge on any atom is -0.497 e. The Kier molecular flexibility index (Phi) is 3.80. The number of anilines is 1. The minimum absolute atomic E-state index is 0.0533. The number of H-pyrrole nitrogens is 1. The van der Waals surface area contributed by atoms with Crippen LogP contribution in [0.15, 0.2) is 29.2 Å². The van der Waals surface area contributed by atoms with Gasteiger partial charge in [0.2, 0.25) is 0 Å². The van der Waals surface area contributed by atoms with Gasteiger partial charge in [0.1, 0.15) is 5.75 Å². The molecule has 1 aromatic carbocycles. The normalized spacial score (nSPS) is 11.1. The van der Waals surface area contributed by atoms with Crippen molar-refractivity contribution >= 4 is 21.5 Å². The van der Waals surface area contributed by atoms with Gasteiger partial charge in [-0.05, 0) is 19.1 Å². The molecule has 0 saturated heterocycles. The molecule has 112 valence electrons. The summed E-state index contributed by atoms with van der Waals surface area (Å²) in [6, 6.07) is 4.95. The number of nitrogens with one attached hydrogen (secondary N) is 2. The molecule has 0 atom stereocenters. The second-order valence-corrected chi connectivity index (χ2v) is 5.78. The molecule has 0 spiro atoms. The Morgan fingerprint density at radius 2 is 2.10 bits per heavy atom. The lowest BCUT2D eigenvalue weighted by Gasteiger charge is -2.07. The SMILES string of the molecule is COc1ccc(S(=O)(=O)Nc2cc(C)[nH]n2)c([N+](=O)[O-])c1. The molecule has 1 aromatic heterocycles. The maximum Gasteiger partial charge on any atom is 0.293 e. The molecule has 2 aromatic rings. The van der Waals surface area contributed by atoms with Crippen LogP contribution in [-0.2, 0) is 10.0 Å². The summed E-state index contributed by atoms with van der Waals surface area (Å²) in [5.41, 5.74) is 0.0750. The molecule has 0 bridgehead atoms. The van der Waals surface area contributed by atoms with Gasteiger partial charge >= 0.3 is 0 Å². The van der Waals surface area contributed by atoms with Crippen molar-refractivity contribution in [2.24, 2.45) is 0 Å². The number of aryl methyl sites for hydroxylation is 1. The predicted molar refractivity (Wildman–Crippen MR) is 73.8 cm³/mol. The second kappa shape index (κ2) is 5.40. The van der Waals surface area contributed by atoms with Crippen molar-refractivity contribution in [1.29, 1.82) is 0 Å². The van der Waals surface area contributed by atoms with Crippen LogP contribution in [0.25, 0.3) is 0 Å². The maximum atomic E-state index is 12.2. The summed E-state index contributed by atoms with van der Waals surface area (Å²) >= 11 is 0. The van der Waals surface area contributed by atoms with Crippen LogP contribution in [0, 0.1) is 17.0 Å². The summed E-state index contributed by atoms with van der Waals surface area (Å²) in [6.07, 6.45) is 0. The number of benzene rings is 1. The van der Waals surface area contributed by atoms with Gasteiger partial charge in [-0.25, -0.2) is 8.42 Å². The average molecular weight is 312 g/mol. The molecule has 0 fully saturated rings. The lowest BCUT2D eigenvalue weighted by molar-refractivity contribution is -0.387. The molecule has 1 heterocycles. The summed E-state index contributed by atoms with van der Waals surface area (Å²) in [4.78, 5) is 9.78. The van der Waals surface area contributed by atoms with E-state index in [2.05, 4.69) is 14.9 Å². The standard InChI is InChI=1S/C11H12N4O5S/c1-7-5-11(13-12-7)14-21(18,19)10-4-3-8(20-2)6-9(10)15(16)17/h3-6H,1-2H3,(H2,12,13,14). The third-order valence-corrected chi connectivity index (χ3v) is 4.00. The number of aromatic nitrogens is 2. The van der Waals surface area contributed by atoms with Crippen LogP contribution in [0.4, 0.5) is 11.5 Å². The van der Waals surface area contributed by atoms with Gasteiger partial charge in [-0.15, -0.1) is 0 Å². The highest BCUT2D eigenvalue weighted by atomic mass is 32.2. The first-order valence-corrected chi connectivity index (χ1v) is 7.19. The molecule has 0 saturated carbocycles. The Labute approximate surface area is 120 Å². The smallest absolute Gasteiger partial charge is 0.293 e. The number of sulfonamides is 1. The predicted octanol–water partition coefficient (Wildman–Crippen LogP) is 1.44. The molecule has 0 aliphatic heterocycles. The van der Waals surface area contributed by atoms with Crippen LogP contribution in [-0.4, -0.2) is 30.6 Å². The van der Waals surface area contributed by atoms with E-state index in [-0.39, 0.29) is 11.6 Å². The van der Waals surface area contributed by atoms with Gasteiger partial charge < -0.3 is 4.74 Å². The molecule has 2 rings (SSSR count). The zero-order valence-electron chi connectivity index (χ0n) is 11.2. The fourth-order valence-electron chi connectivity index (χ4n) is 1.66. The van der Waals surface area contributed by atoms with Crippen LogP contribution >= 0.6 is 0 Å². The van der Waals surface area contributed by atoms with Crippen molar-refractivity contribution in [3.63, 3.8) is 0 Å². The molecular weight excluding hydrogens is 300 g/mol. The third kappa shape index (κ3) is 3.11. The van der Waals surface area contributed by atoms with Gasteiger partial charge in [-0.3, -0.25) is 19.9 Å². The number of ether oxygens (including phenoxy) is 1. The third-order valence-electron chi connectivity index (χ3n) is 2.60. The van der Waals surface area contributed by atoms with Crippen molar-refractivity contribution in [2.45, 2.75) is 11.8 Å². The summed E-state index contributed by atoms with van der Waals surface area (Å²) in [5.74, 6) is 0.244. The largest absolute Gasteiger partial charge is 0.497 e. The molecule has 9 nitrogen and oxygen atoms in total. The first-order valence-electron chi connectivity index (χ1n) is 5.71. The molecule has 0 aliphatic rings. The Balaban J connectivity index is 2.46. The Bertz CT molecular complexity index is 784. The molecule has 2 N–H and O–H groups in total. The first-order chi connectivity index (χ1) is 9.83. The lowest BCUT2D eigenvalue weighted by atomic mass is 10.3. The highest BCUT2D eigenvalue weighted by Crippen LogP contribution is 2.29. The van der Waals surface area contributed by atoms with E-state index >= 15 is 0 Å². The molecule has 0 amide bonds. The highest BCUT2D eigenvalue weighted by molar-refractivity contribution is 7.92. The number of nitrogens with zero attached hydrogens (tertiary/aromatic N) is 2. The van der Waals surface area contributed by atoms with Crippen molar-refractivity contribution in [3.05, 3.63) is 40.1 Å². The van der Waals surface area contributed by atoms with E-state index in [1.165, 1.54) is 19.2 Å². The summed E-state index contributed by atoms with van der Waals surface area (Å²) in [6.45, 7) is 1.70. The molecule has 21 heavy (non-hydrogen) atoms. The monoisotopic (exact) mass is 312 g/mol. The molecule has 0 radical (unpaired) electrons. The summed E-state index contributed by atoms with van der Waals surface area (Å²) in [7, 11) is -2.80. The fourth-order valence-corrected chi connectivity index (χ4v) is 2.80. The van der Waals surface area contributed by atoms with E-state index in [4.69, 9.17) is 4.74 Å². The highest BCUT2D eigenvalue weighted by Gasteiger charge is 2.27. The van der Waals surface area contributed by atoms with Gasteiger partial charge in [0.25, 0.3) is 15.7 Å². The topological polar surface area (TPSA) is 127 Å². The van der Waals surface area contributed by atoms with Crippen LogP contribution < -0.4 is 9.46 Å². The minimum atomic E-state index is -4.13. The number of hydrogen-bond donors (Lipinski definition) is 2. The Hall–Kier alpha value is -2.62. The van der Waals surface area contributed by atoms with E-state index in [0.717, 1.165) is 12.1 Å². The molecular formula is C11H12N4O5S. The van der Waals surface area contributed by atoms with Crippen molar-refractivity contribution in [2.75, 3.05) is 11.8 Å². The van der Waals surface area contributed by atoms with Crippen LogP contribution in [0.1, 0.15) is 5.69 Å². The average Bonchev–Trinajstić information content (AvgIpc) is 2.82. The first kappa shape index (κ1) is 14.8. The number of methoxy groups -OCH3 is 1. The van der Waals surface area contributed by atoms with Gasteiger partial charge in [0.15, 0.2) is 10.7 Å². The number of hydrogen-bond acceptors (Lipinski definition) is 6. The van der Waals surface area contributed by atoms with E-state index in [9.17, 15) is 18.5 Å². The Morgan fingerprint density at radius 3 is 2.62 bits per heavy atom. The van der Waals surface area contributed by atoms with Gasteiger partial charge in [0.05, 0.1) is 18.1 Å². The van der Waals surface area contributed by atoms with Crippen molar-refractivity contribution in [1.82, 2.24) is 10.2 Å². The Morgan fingerprint density at radius 1 is 1.38 bits per heavy atom. The fraction of sp³-hybridized carbons (Fsp3) is 0.182. The van der Waals surface area contributed by atoms with Crippen LogP contribution in [0.2, 0.25) is 0 Å². The van der Waals surface area contributed by atoms with Gasteiger partial charge in [-0.2, -0.15) is 5.10 Å². The summed E-state index contributed by atoms with van der Waals surface area (Å²) < 4.78 is 31.5. The number of rotatable bonds is 5. The zero-order valence-corrected chi connectivity index (χ0v) is 12.0. The van der Waals surface area contributed by atoms with E-state index in [1.54, 1.807) is 6.92 Å². The maximum absolute atomic E-state index is 12.2. The van der Waals surface area contributed by atoms with Gasteiger partial charge in [-0.1, -0.05) is 0 Å². The quantitative estimate of drug-likeness (QED) is 0.635. The molecule has 10 heteroatoms.